The van der Waals surface area contributed by atoms with E-state index in [0.717, 1.165) is 12.1 Å². The Bertz CT molecular complexity index is 1280. The zero-order chi connectivity index (χ0) is 23.4. The SMILES string of the molecule is C#CC(=O)N(CC)c1ccc(Oc2ccc(F)cc2F)c(-c2cc(NC)c(=O)n(C)c2)c1. The van der Waals surface area contributed by atoms with E-state index in [9.17, 15) is 18.4 Å². The van der Waals surface area contributed by atoms with E-state index in [1.165, 1.54) is 15.5 Å². The van der Waals surface area contributed by atoms with Gasteiger partial charge in [0.05, 0.1) is 0 Å². The molecule has 0 aliphatic carbocycles. The number of aromatic nitrogens is 1. The fraction of sp³-hybridized carbons (Fsp3) is 0.167. The summed E-state index contributed by atoms with van der Waals surface area (Å²) in [6.45, 7) is 2.10. The van der Waals surface area contributed by atoms with Crippen LogP contribution in [0.25, 0.3) is 11.1 Å². The normalized spacial score (nSPS) is 10.4. The highest BCUT2D eigenvalue weighted by atomic mass is 19.1. The number of aryl methyl sites for hydroxylation is 1. The molecule has 1 heterocycles. The minimum atomic E-state index is -0.867. The molecule has 0 fully saturated rings. The quantitative estimate of drug-likeness (QED) is 0.589. The Hall–Kier alpha value is -4.12. The van der Waals surface area contributed by atoms with Gasteiger partial charge in [0.25, 0.3) is 5.56 Å². The molecule has 0 radical (unpaired) electrons. The average Bonchev–Trinajstić information content (AvgIpc) is 2.78. The Morgan fingerprint density at radius 2 is 1.91 bits per heavy atom. The first kappa shape index (κ1) is 22.6. The van der Waals surface area contributed by atoms with E-state index in [1.54, 1.807) is 51.5 Å². The second-order valence-corrected chi connectivity index (χ2v) is 6.86. The minimum absolute atomic E-state index is 0.175. The molecular formula is C24H21F2N3O3. The number of amides is 1. The van der Waals surface area contributed by atoms with Crippen molar-refractivity contribution in [3.8, 4) is 35.0 Å². The van der Waals surface area contributed by atoms with Crippen LogP contribution < -0.4 is 20.5 Å². The molecule has 0 atom stereocenters. The summed E-state index contributed by atoms with van der Waals surface area (Å²) >= 11 is 0. The number of halogens is 2. The van der Waals surface area contributed by atoms with Gasteiger partial charge < -0.3 is 19.5 Å². The van der Waals surface area contributed by atoms with Gasteiger partial charge in [0, 0.05) is 49.7 Å². The minimum Gasteiger partial charge on any atom is -0.454 e. The van der Waals surface area contributed by atoms with Gasteiger partial charge in [-0.25, -0.2) is 8.78 Å². The van der Waals surface area contributed by atoms with Gasteiger partial charge in [-0.3, -0.25) is 9.59 Å². The van der Waals surface area contributed by atoms with E-state index in [4.69, 9.17) is 11.2 Å². The maximum atomic E-state index is 14.2. The topological polar surface area (TPSA) is 63.6 Å². The number of benzene rings is 2. The molecule has 1 N–H and O–H groups in total. The lowest BCUT2D eigenvalue weighted by atomic mass is 10.0. The third kappa shape index (κ3) is 4.47. The van der Waals surface area contributed by atoms with Gasteiger partial charge in [0.1, 0.15) is 17.3 Å². The fourth-order valence-electron chi connectivity index (χ4n) is 3.24. The number of hydrogen-bond donors (Lipinski definition) is 1. The molecular weight excluding hydrogens is 416 g/mol. The van der Waals surface area contributed by atoms with E-state index in [2.05, 4.69) is 11.2 Å². The lowest BCUT2D eigenvalue weighted by Crippen LogP contribution is -2.29. The lowest BCUT2D eigenvalue weighted by Gasteiger charge is -2.21. The summed E-state index contributed by atoms with van der Waals surface area (Å²) in [7, 11) is 3.21. The zero-order valence-corrected chi connectivity index (χ0v) is 17.8. The van der Waals surface area contributed by atoms with Crippen LogP contribution in [0.5, 0.6) is 11.5 Å². The maximum absolute atomic E-state index is 14.2. The van der Waals surface area contributed by atoms with Gasteiger partial charge in [-0.2, -0.15) is 0 Å². The van der Waals surface area contributed by atoms with Crippen LogP contribution >= 0.6 is 0 Å². The summed E-state index contributed by atoms with van der Waals surface area (Å²) < 4.78 is 34.7. The Morgan fingerprint density at radius 3 is 2.53 bits per heavy atom. The molecule has 0 bridgehead atoms. The smallest absolute Gasteiger partial charge is 0.302 e. The number of ether oxygens (including phenoxy) is 1. The number of nitrogens with zero attached hydrogens (tertiary/aromatic N) is 2. The van der Waals surface area contributed by atoms with Crippen molar-refractivity contribution >= 4 is 17.3 Å². The molecule has 3 rings (SSSR count). The molecule has 0 unspecified atom stereocenters. The highest BCUT2D eigenvalue weighted by molar-refractivity contribution is 6.05. The molecule has 0 aliphatic rings. The second-order valence-electron chi connectivity index (χ2n) is 6.86. The van der Waals surface area contributed by atoms with Crippen LogP contribution in [0.3, 0.4) is 0 Å². The number of pyridine rings is 1. The van der Waals surface area contributed by atoms with Gasteiger partial charge in [-0.05, 0) is 49.2 Å². The molecule has 1 amide bonds. The molecule has 6 nitrogen and oxygen atoms in total. The highest BCUT2D eigenvalue weighted by Gasteiger charge is 2.18. The first-order chi connectivity index (χ1) is 15.3. The Balaban J connectivity index is 2.21. The first-order valence-electron chi connectivity index (χ1n) is 9.72. The maximum Gasteiger partial charge on any atom is 0.302 e. The third-order valence-electron chi connectivity index (χ3n) is 4.84. The summed E-state index contributed by atoms with van der Waals surface area (Å²) in [6, 6.07) is 9.44. The van der Waals surface area contributed by atoms with Crippen molar-refractivity contribution in [1.29, 1.82) is 0 Å². The zero-order valence-electron chi connectivity index (χ0n) is 17.8. The van der Waals surface area contributed by atoms with Crippen molar-refractivity contribution in [3.63, 3.8) is 0 Å². The van der Waals surface area contributed by atoms with Crippen molar-refractivity contribution in [3.05, 3.63) is 70.6 Å². The van der Waals surface area contributed by atoms with Crippen molar-refractivity contribution in [2.75, 3.05) is 23.8 Å². The van der Waals surface area contributed by atoms with Crippen molar-refractivity contribution in [2.24, 2.45) is 7.05 Å². The first-order valence-corrected chi connectivity index (χ1v) is 9.72. The highest BCUT2D eigenvalue weighted by Crippen LogP contribution is 2.37. The number of carbonyl (C=O) groups is 1. The van der Waals surface area contributed by atoms with Gasteiger partial charge in [-0.15, -0.1) is 6.42 Å². The van der Waals surface area contributed by atoms with Crippen LogP contribution in [0.15, 0.2) is 53.5 Å². The lowest BCUT2D eigenvalue weighted by molar-refractivity contribution is -0.113. The predicted octanol–water partition coefficient (Wildman–Crippen LogP) is 4.15. The van der Waals surface area contributed by atoms with Crippen molar-refractivity contribution in [2.45, 2.75) is 6.92 Å². The van der Waals surface area contributed by atoms with Crippen LogP contribution in [0, 0.1) is 24.0 Å². The number of nitrogens with one attached hydrogen (secondary N) is 1. The molecule has 32 heavy (non-hydrogen) atoms. The Kier molecular flexibility index (Phi) is 6.59. The van der Waals surface area contributed by atoms with E-state index in [0.29, 0.717) is 29.0 Å². The van der Waals surface area contributed by atoms with Gasteiger partial charge in [0.15, 0.2) is 11.6 Å². The average molecular weight is 437 g/mol. The van der Waals surface area contributed by atoms with E-state index in [1.807, 2.05) is 0 Å². The molecule has 8 heteroatoms. The standard InChI is InChI=1S/C24H21F2N3O3/c1-5-23(30)29(6-2)17-8-10-21(32-22-9-7-16(25)12-19(22)26)18(13-17)15-11-20(27-3)24(31)28(4)14-15/h1,7-14,27H,6H2,2-4H3. The van der Waals surface area contributed by atoms with Crippen LogP contribution in [-0.2, 0) is 11.8 Å². The predicted molar refractivity (Wildman–Crippen MR) is 120 cm³/mol. The largest absolute Gasteiger partial charge is 0.454 e. The molecule has 0 spiro atoms. The molecule has 3 aromatic rings. The Morgan fingerprint density at radius 1 is 1.19 bits per heavy atom. The van der Waals surface area contributed by atoms with E-state index in [-0.39, 0.29) is 17.1 Å². The van der Waals surface area contributed by atoms with Crippen LogP contribution in [-0.4, -0.2) is 24.1 Å². The molecule has 0 aliphatic heterocycles. The molecule has 164 valence electrons. The van der Waals surface area contributed by atoms with Crippen molar-refractivity contribution < 1.29 is 18.3 Å². The second kappa shape index (κ2) is 9.35. The van der Waals surface area contributed by atoms with Crippen LogP contribution in [0.1, 0.15) is 6.92 Å². The summed E-state index contributed by atoms with van der Waals surface area (Å²) in [6.07, 6.45) is 6.88. The van der Waals surface area contributed by atoms with Gasteiger partial charge in [0.2, 0.25) is 0 Å². The summed E-state index contributed by atoms with van der Waals surface area (Å²) in [5.74, 6) is 0.0409. The van der Waals surface area contributed by atoms with E-state index >= 15 is 0 Å². The number of rotatable bonds is 6. The fourth-order valence-corrected chi connectivity index (χ4v) is 3.24. The van der Waals surface area contributed by atoms with Gasteiger partial charge in [-0.1, -0.05) is 0 Å². The number of anilines is 2. The van der Waals surface area contributed by atoms with Crippen LogP contribution in [0.2, 0.25) is 0 Å². The molecule has 2 aromatic carbocycles. The van der Waals surface area contributed by atoms with E-state index < -0.39 is 17.5 Å². The van der Waals surface area contributed by atoms with Crippen LogP contribution in [0.4, 0.5) is 20.2 Å². The number of hydrogen-bond acceptors (Lipinski definition) is 4. The summed E-state index contributed by atoms with van der Waals surface area (Å²) in [5, 5.41) is 2.84. The third-order valence-corrected chi connectivity index (χ3v) is 4.84. The number of terminal acetylenes is 1. The molecule has 0 saturated heterocycles. The molecule has 1 aromatic heterocycles. The summed E-state index contributed by atoms with van der Waals surface area (Å²) in [5.41, 5.74) is 1.64. The molecule has 0 saturated carbocycles. The van der Waals surface area contributed by atoms with Crippen molar-refractivity contribution in [1.82, 2.24) is 4.57 Å². The van der Waals surface area contributed by atoms with Gasteiger partial charge >= 0.3 is 5.91 Å². The monoisotopic (exact) mass is 437 g/mol. The Labute approximate surface area is 184 Å². The number of carbonyl (C=O) groups excluding carboxylic acids is 1. The summed E-state index contributed by atoms with van der Waals surface area (Å²) in [4.78, 5) is 25.9.